The molecule has 0 radical (unpaired) electrons. The summed E-state index contributed by atoms with van der Waals surface area (Å²) in [4.78, 5) is 17.8. The zero-order chi connectivity index (χ0) is 14.1. The van der Waals surface area contributed by atoms with E-state index in [-0.39, 0.29) is 36.4 Å². The Hall–Kier alpha value is -0.570. The predicted molar refractivity (Wildman–Crippen MR) is 93.5 cm³/mol. The zero-order valence-electron chi connectivity index (χ0n) is 12.5. The van der Waals surface area contributed by atoms with Crippen LogP contribution in [0.2, 0.25) is 0 Å². The number of likely N-dealkylation sites (N-methyl/N-ethyl adjacent to an activating group) is 1. The topological polar surface area (TPSA) is 82.8 Å². The minimum absolute atomic E-state index is 0. The monoisotopic (exact) mass is 397 g/mol. The molecule has 1 fully saturated rings. The summed E-state index contributed by atoms with van der Waals surface area (Å²) in [6.45, 7) is 8.02. The Morgan fingerprint density at radius 2 is 2.15 bits per heavy atom. The fourth-order valence-corrected chi connectivity index (χ4v) is 2.30. The van der Waals surface area contributed by atoms with Crippen LogP contribution in [0.25, 0.3) is 0 Å². The highest BCUT2D eigenvalue weighted by atomic mass is 127. The van der Waals surface area contributed by atoms with Gasteiger partial charge in [0, 0.05) is 19.1 Å². The van der Waals surface area contributed by atoms with Gasteiger partial charge in [0.25, 0.3) is 0 Å². The van der Waals surface area contributed by atoms with E-state index in [0.717, 1.165) is 19.5 Å². The Morgan fingerprint density at radius 1 is 1.40 bits per heavy atom. The number of carbonyl (C=O) groups is 1. The van der Waals surface area contributed by atoms with E-state index in [1.807, 2.05) is 6.92 Å². The quantitative estimate of drug-likeness (QED) is 0.332. The second kappa shape index (κ2) is 11.1. The van der Waals surface area contributed by atoms with Gasteiger partial charge in [-0.15, -0.1) is 24.0 Å². The van der Waals surface area contributed by atoms with Crippen molar-refractivity contribution < 1.29 is 4.79 Å². The van der Waals surface area contributed by atoms with Gasteiger partial charge in [-0.05, 0) is 32.4 Å². The van der Waals surface area contributed by atoms with Crippen LogP contribution in [0.15, 0.2) is 4.99 Å². The fraction of sp³-hybridized carbons (Fsp3) is 0.846. The second-order valence-electron chi connectivity index (χ2n) is 4.86. The van der Waals surface area contributed by atoms with E-state index in [0.29, 0.717) is 18.5 Å². The fourth-order valence-electron chi connectivity index (χ4n) is 2.30. The van der Waals surface area contributed by atoms with Crippen molar-refractivity contribution >= 4 is 35.8 Å². The standard InChI is InChI=1S/C13H27N5O.HI/c1-3-7-15-12(19)10-17-13(14)16-9-11-6-5-8-18(11)4-2;/h11H,3-10H2,1-2H3,(H,15,19)(H3,14,16,17);1H. The third-order valence-corrected chi connectivity index (χ3v) is 3.39. The lowest BCUT2D eigenvalue weighted by Crippen LogP contribution is -2.43. The number of nitrogens with zero attached hydrogens (tertiary/aromatic N) is 2. The number of nitrogens with one attached hydrogen (secondary N) is 2. The SMILES string of the molecule is CCCNC(=O)CN=C(N)NCC1CCCN1CC.I. The molecule has 7 heteroatoms. The van der Waals surface area contributed by atoms with E-state index in [9.17, 15) is 4.79 Å². The van der Waals surface area contributed by atoms with Crippen LogP contribution < -0.4 is 16.4 Å². The highest BCUT2D eigenvalue weighted by Crippen LogP contribution is 2.15. The molecule has 0 spiro atoms. The van der Waals surface area contributed by atoms with Gasteiger partial charge in [0.2, 0.25) is 5.91 Å². The smallest absolute Gasteiger partial charge is 0.241 e. The highest BCUT2D eigenvalue weighted by Gasteiger charge is 2.22. The molecule has 1 heterocycles. The summed E-state index contributed by atoms with van der Waals surface area (Å²) in [6.07, 6.45) is 3.37. The summed E-state index contributed by atoms with van der Waals surface area (Å²) < 4.78 is 0. The lowest BCUT2D eigenvalue weighted by atomic mass is 10.2. The van der Waals surface area contributed by atoms with Crippen molar-refractivity contribution in [1.29, 1.82) is 0 Å². The van der Waals surface area contributed by atoms with E-state index in [4.69, 9.17) is 5.73 Å². The van der Waals surface area contributed by atoms with Crippen LogP contribution in [-0.2, 0) is 4.79 Å². The van der Waals surface area contributed by atoms with E-state index in [2.05, 4.69) is 27.4 Å². The third-order valence-electron chi connectivity index (χ3n) is 3.39. The van der Waals surface area contributed by atoms with Crippen LogP contribution in [0.3, 0.4) is 0 Å². The molecule has 118 valence electrons. The van der Waals surface area contributed by atoms with Crippen LogP contribution in [-0.4, -0.2) is 55.5 Å². The molecule has 1 rings (SSSR count). The minimum Gasteiger partial charge on any atom is -0.370 e. The van der Waals surface area contributed by atoms with Crippen molar-refractivity contribution in [1.82, 2.24) is 15.5 Å². The van der Waals surface area contributed by atoms with Crippen LogP contribution >= 0.6 is 24.0 Å². The largest absolute Gasteiger partial charge is 0.370 e. The molecular formula is C13H28IN5O. The van der Waals surface area contributed by atoms with E-state index in [1.54, 1.807) is 0 Å². The van der Waals surface area contributed by atoms with Gasteiger partial charge in [-0.1, -0.05) is 13.8 Å². The van der Waals surface area contributed by atoms with Gasteiger partial charge in [0.15, 0.2) is 5.96 Å². The van der Waals surface area contributed by atoms with E-state index < -0.39 is 0 Å². The Morgan fingerprint density at radius 3 is 2.80 bits per heavy atom. The molecule has 4 N–H and O–H groups in total. The van der Waals surface area contributed by atoms with Gasteiger partial charge >= 0.3 is 0 Å². The lowest BCUT2D eigenvalue weighted by Gasteiger charge is -2.23. The van der Waals surface area contributed by atoms with Crippen LogP contribution in [0, 0.1) is 0 Å². The maximum atomic E-state index is 11.4. The molecule has 20 heavy (non-hydrogen) atoms. The molecule has 1 aliphatic rings. The molecule has 6 nitrogen and oxygen atoms in total. The van der Waals surface area contributed by atoms with Crippen molar-refractivity contribution in [3.05, 3.63) is 0 Å². The van der Waals surface area contributed by atoms with E-state index >= 15 is 0 Å². The van der Waals surface area contributed by atoms with Crippen LogP contribution in [0.4, 0.5) is 0 Å². The normalized spacial score (nSPS) is 19.5. The number of likely N-dealkylation sites (tertiary alicyclic amines) is 1. The van der Waals surface area contributed by atoms with Gasteiger partial charge in [-0.3, -0.25) is 9.69 Å². The Bertz CT molecular complexity index is 311. The average Bonchev–Trinajstić information content (AvgIpc) is 2.87. The number of hydrogen-bond donors (Lipinski definition) is 3. The summed E-state index contributed by atoms with van der Waals surface area (Å²) in [6, 6.07) is 0.535. The maximum absolute atomic E-state index is 11.4. The molecule has 0 saturated carbocycles. The molecule has 1 saturated heterocycles. The Balaban J connectivity index is 0.00000361. The first kappa shape index (κ1) is 19.4. The molecule has 1 atom stereocenters. The van der Waals surface area contributed by atoms with Gasteiger partial charge in [-0.25, -0.2) is 4.99 Å². The van der Waals surface area contributed by atoms with Crippen molar-refractivity contribution in [2.45, 2.75) is 39.2 Å². The molecule has 0 aromatic heterocycles. The summed E-state index contributed by atoms with van der Waals surface area (Å²) in [7, 11) is 0. The minimum atomic E-state index is -0.0809. The number of guanidine groups is 1. The van der Waals surface area contributed by atoms with Gasteiger partial charge in [0.05, 0.1) is 0 Å². The zero-order valence-corrected chi connectivity index (χ0v) is 14.9. The Labute approximate surface area is 139 Å². The summed E-state index contributed by atoms with van der Waals surface area (Å²) in [5, 5.41) is 5.87. The molecule has 0 aromatic rings. The molecular weight excluding hydrogens is 369 g/mol. The van der Waals surface area contributed by atoms with Gasteiger partial charge in [0.1, 0.15) is 6.54 Å². The molecule has 0 aromatic carbocycles. The first-order valence-corrected chi connectivity index (χ1v) is 7.21. The summed E-state index contributed by atoms with van der Waals surface area (Å²) in [5.41, 5.74) is 5.76. The highest BCUT2D eigenvalue weighted by molar-refractivity contribution is 14.0. The molecule has 1 aliphatic heterocycles. The third kappa shape index (κ3) is 7.28. The Kier molecular flexibility index (Phi) is 10.8. The number of hydrogen-bond acceptors (Lipinski definition) is 3. The first-order valence-electron chi connectivity index (χ1n) is 7.21. The maximum Gasteiger partial charge on any atom is 0.241 e. The summed E-state index contributed by atoms with van der Waals surface area (Å²) in [5.74, 6) is 0.275. The predicted octanol–water partition coefficient (Wildman–Crippen LogP) is 0.519. The molecule has 1 amide bonds. The second-order valence-corrected chi connectivity index (χ2v) is 4.86. The first-order chi connectivity index (χ1) is 9.17. The number of halogens is 1. The van der Waals surface area contributed by atoms with Crippen molar-refractivity contribution in [3.8, 4) is 0 Å². The molecule has 0 aliphatic carbocycles. The number of rotatable bonds is 7. The van der Waals surface area contributed by atoms with Crippen molar-refractivity contribution in [3.63, 3.8) is 0 Å². The van der Waals surface area contributed by atoms with Gasteiger partial charge in [-0.2, -0.15) is 0 Å². The summed E-state index contributed by atoms with van der Waals surface area (Å²) >= 11 is 0. The van der Waals surface area contributed by atoms with Crippen LogP contribution in [0.5, 0.6) is 0 Å². The van der Waals surface area contributed by atoms with Crippen molar-refractivity contribution in [2.75, 3.05) is 32.7 Å². The van der Waals surface area contributed by atoms with E-state index in [1.165, 1.54) is 19.4 Å². The number of carbonyl (C=O) groups excluding carboxylic acids is 1. The van der Waals surface area contributed by atoms with Crippen molar-refractivity contribution in [2.24, 2.45) is 10.7 Å². The average molecular weight is 397 g/mol. The van der Waals surface area contributed by atoms with Crippen LogP contribution in [0.1, 0.15) is 33.1 Å². The molecule has 0 bridgehead atoms. The number of aliphatic imine (C=N–C) groups is 1. The lowest BCUT2D eigenvalue weighted by molar-refractivity contribution is -0.119. The number of nitrogens with two attached hydrogens (primary N) is 1. The van der Waals surface area contributed by atoms with Gasteiger partial charge < -0.3 is 16.4 Å². The number of amides is 1. The molecule has 1 unspecified atom stereocenters.